The van der Waals surface area contributed by atoms with Crippen molar-refractivity contribution in [2.24, 2.45) is 5.92 Å². The van der Waals surface area contributed by atoms with E-state index >= 15 is 0 Å². The molecule has 2 aromatic carbocycles. The van der Waals surface area contributed by atoms with Gasteiger partial charge in [-0.05, 0) is 71.0 Å². The number of benzene rings is 2. The monoisotopic (exact) mass is 996 g/mol. The van der Waals surface area contributed by atoms with Crippen LogP contribution >= 0.6 is 0 Å². The fourth-order valence-corrected chi connectivity index (χ4v) is 10.3. The van der Waals surface area contributed by atoms with Crippen LogP contribution in [0.15, 0.2) is 12.1 Å². The first-order valence-corrected chi connectivity index (χ1v) is 23.7. The lowest BCUT2D eigenvalue weighted by atomic mass is 9.75. The number of ether oxygens (including phenoxy) is 11. The van der Waals surface area contributed by atoms with Gasteiger partial charge in [-0.1, -0.05) is 0 Å². The predicted octanol–water partition coefficient (Wildman–Crippen LogP) is 0.705. The van der Waals surface area contributed by atoms with Crippen LogP contribution in [0.1, 0.15) is 88.7 Å². The Kier molecular flexibility index (Phi) is 17.2. The molecule has 22 nitrogen and oxygen atoms in total. The Hall–Kier alpha value is -3.69. The maximum atomic E-state index is 14.9. The van der Waals surface area contributed by atoms with Crippen molar-refractivity contribution in [3.8, 4) is 17.2 Å². The van der Waals surface area contributed by atoms with Crippen LogP contribution in [0.3, 0.4) is 0 Å². The van der Waals surface area contributed by atoms with E-state index in [0.29, 0.717) is 0 Å². The number of esters is 1. The van der Waals surface area contributed by atoms with Crippen LogP contribution in [0.4, 0.5) is 0 Å². The number of fused-ring (bicyclic) bond motifs is 2. The zero-order valence-electron chi connectivity index (χ0n) is 40.6. The molecule has 0 aromatic heterocycles. The molecule has 1 aliphatic carbocycles. The van der Waals surface area contributed by atoms with Gasteiger partial charge in [0.05, 0.1) is 59.8 Å². The number of phenolic OH excluding ortho intramolecular Hbond substituents is 2. The average Bonchev–Trinajstić information content (AvgIpc) is 3.28. The molecule has 21 atom stereocenters. The van der Waals surface area contributed by atoms with Crippen LogP contribution < -0.4 is 4.74 Å². The fourth-order valence-electron chi connectivity index (χ4n) is 10.3. The first-order chi connectivity index (χ1) is 33.0. The second kappa shape index (κ2) is 22.2. The maximum Gasteiger partial charge on any atom is 0.303 e. The van der Waals surface area contributed by atoms with Crippen LogP contribution in [-0.2, 0) is 63.4 Å². The van der Waals surface area contributed by atoms with E-state index in [0.717, 1.165) is 0 Å². The number of hydrogen-bond acceptors (Lipinski definition) is 22. The number of carbonyl (C=O) groups excluding carboxylic acids is 3. The summed E-state index contributed by atoms with van der Waals surface area (Å²) in [6.45, 7) is 10.5. The minimum absolute atomic E-state index is 0.00748. The molecule has 22 heteroatoms. The summed E-state index contributed by atoms with van der Waals surface area (Å²) >= 11 is 0. The number of phenols is 2. The molecular formula is C48H68O22. The van der Waals surface area contributed by atoms with E-state index in [1.54, 1.807) is 27.7 Å². The largest absolute Gasteiger partial charge is 0.507 e. The third kappa shape index (κ3) is 11.1. The van der Waals surface area contributed by atoms with Gasteiger partial charge in [0, 0.05) is 58.3 Å². The molecule has 5 aliphatic rings. The highest BCUT2D eigenvalue weighted by molar-refractivity contribution is 6.11. The number of aliphatic hydroxyl groups is 6. The second-order valence-corrected chi connectivity index (χ2v) is 19.1. The average molecular weight is 997 g/mol. The van der Waals surface area contributed by atoms with Gasteiger partial charge in [0.1, 0.15) is 60.0 Å². The molecule has 4 aliphatic heterocycles. The molecule has 70 heavy (non-hydrogen) atoms. The van der Waals surface area contributed by atoms with Crippen LogP contribution in [0.2, 0.25) is 0 Å². The molecular weight excluding hydrogens is 929 g/mol. The van der Waals surface area contributed by atoms with Crippen molar-refractivity contribution in [3.05, 3.63) is 28.8 Å². The fraction of sp³-hybridized carbons (Fsp3) is 0.729. The van der Waals surface area contributed by atoms with Crippen molar-refractivity contribution in [1.29, 1.82) is 0 Å². The Morgan fingerprint density at radius 3 is 1.90 bits per heavy atom. The first kappa shape index (κ1) is 54.1. The van der Waals surface area contributed by atoms with Gasteiger partial charge in [0.2, 0.25) is 6.29 Å². The van der Waals surface area contributed by atoms with E-state index in [9.17, 15) is 55.2 Å². The number of ketones is 2. The van der Waals surface area contributed by atoms with E-state index in [2.05, 4.69) is 0 Å². The number of methoxy groups -OCH3 is 2. The molecule has 4 heterocycles. The van der Waals surface area contributed by atoms with E-state index in [1.807, 2.05) is 0 Å². The van der Waals surface area contributed by atoms with Gasteiger partial charge in [-0.2, -0.15) is 0 Å². The standard InChI is InChI=1S/C48H68O22/c1-17-29(67-34-16-31(46(22(6)65-34)66-23(7)50)69-33-14-28(52)45(60-8)21(5)64-33)12-25-10-24-11-26(47(61-9)44(59)39(54)18(2)49)48(43(58)37(24)42(57)36(25)38(17)53)70-35-15-30(41(56)20(4)63-35)68-32-13-27(51)40(55)19(3)62-32/h10,12,18-22,26-28,30-35,39-41,45-49,51-57H,11,13-16H2,1-9H3. The lowest BCUT2D eigenvalue weighted by molar-refractivity contribution is -0.311. The number of hydrogen-bond donors (Lipinski definition) is 8. The van der Waals surface area contributed by atoms with Crippen molar-refractivity contribution >= 4 is 28.3 Å². The lowest BCUT2D eigenvalue weighted by Gasteiger charge is -2.43. The quantitative estimate of drug-likeness (QED) is 0.114. The molecule has 4 fully saturated rings. The number of carbonyl (C=O) groups is 3. The summed E-state index contributed by atoms with van der Waals surface area (Å²) in [5, 5.41) is 87.3. The Balaban J connectivity index is 1.19. The molecule has 0 saturated carbocycles. The predicted molar refractivity (Wildman–Crippen MR) is 238 cm³/mol. The highest BCUT2D eigenvalue weighted by Gasteiger charge is 2.50. The Labute approximate surface area is 404 Å². The molecule has 7 rings (SSSR count). The van der Waals surface area contributed by atoms with Gasteiger partial charge in [-0.15, -0.1) is 0 Å². The highest BCUT2D eigenvalue weighted by atomic mass is 16.7. The van der Waals surface area contributed by atoms with Gasteiger partial charge >= 0.3 is 5.97 Å². The lowest BCUT2D eigenvalue weighted by Crippen LogP contribution is -2.56. The van der Waals surface area contributed by atoms with E-state index in [-0.39, 0.29) is 65.3 Å². The molecule has 2 aromatic rings. The topological polar surface area (TPSA) is 315 Å². The van der Waals surface area contributed by atoms with Crippen molar-refractivity contribution < 1.29 is 107 Å². The van der Waals surface area contributed by atoms with Crippen molar-refractivity contribution in [3.63, 3.8) is 0 Å². The molecule has 4 saturated heterocycles. The van der Waals surface area contributed by atoms with Crippen molar-refractivity contribution in [1.82, 2.24) is 0 Å². The Morgan fingerprint density at radius 1 is 0.729 bits per heavy atom. The summed E-state index contributed by atoms with van der Waals surface area (Å²) in [4.78, 5) is 40.9. The summed E-state index contributed by atoms with van der Waals surface area (Å²) in [5.74, 6) is -4.55. The molecule has 392 valence electrons. The third-order valence-corrected chi connectivity index (χ3v) is 14.1. The number of aliphatic hydroxyl groups excluding tert-OH is 6. The number of rotatable bonds is 15. The van der Waals surface area contributed by atoms with Gasteiger partial charge in [0.25, 0.3) is 0 Å². The number of Topliss-reactive ketones (excluding diaryl/α,β-unsaturated/α-hetero) is 2. The third-order valence-electron chi connectivity index (χ3n) is 14.1. The van der Waals surface area contributed by atoms with E-state index in [1.165, 1.54) is 47.1 Å². The molecule has 0 radical (unpaired) electrons. The van der Waals surface area contributed by atoms with Gasteiger partial charge in [0.15, 0.2) is 36.5 Å². The molecule has 8 N–H and O–H groups in total. The second-order valence-electron chi connectivity index (χ2n) is 19.1. The zero-order valence-corrected chi connectivity index (χ0v) is 40.6. The molecule has 21 unspecified atom stereocenters. The molecule has 0 amide bonds. The highest BCUT2D eigenvalue weighted by Crippen LogP contribution is 2.47. The van der Waals surface area contributed by atoms with Gasteiger partial charge in [-0.3, -0.25) is 14.4 Å². The van der Waals surface area contributed by atoms with Crippen LogP contribution in [0, 0.1) is 12.8 Å². The summed E-state index contributed by atoms with van der Waals surface area (Å²) in [6.07, 6.45) is -22.2. The molecule has 0 spiro atoms. The zero-order chi connectivity index (χ0) is 51.2. The SMILES string of the molecule is COC(C(=O)C(O)C(C)O)C1Cc2cc3cc(OC4CC(OC5CC(O)C(OC)C(C)O5)C(OC(C)=O)C(C)O4)c(C)c(O)c3c(O)c2C(=O)C1OC1CC(OC2CC(O)C(O)C(C)O2)C(O)C(C)O1. The summed E-state index contributed by atoms with van der Waals surface area (Å²) in [6, 6.07) is 3.06. The van der Waals surface area contributed by atoms with Gasteiger partial charge in [-0.25, -0.2) is 0 Å². The summed E-state index contributed by atoms with van der Waals surface area (Å²) in [5.41, 5.74) is 0.107. The van der Waals surface area contributed by atoms with Crippen LogP contribution in [0.5, 0.6) is 17.2 Å². The van der Waals surface area contributed by atoms with Crippen molar-refractivity contribution in [2.75, 3.05) is 14.2 Å². The minimum atomic E-state index is -1.93. The first-order valence-electron chi connectivity index (χ1n) is 23.7. The van der Waals surface area contributed by atoms with Gasteiger partial charge < -0.3 is 93.0 Å². The summed E-state index contributed by atoms with van der Waals surface area (Å²) in [7, 11) is 2.66. The minimum Gasteiger partial charge on any atom is -0.507 e. The van der Waals surface area contributed by atoms with E-state index < -0.39 is 158 Å². The normalized spacial score (nSPS) is 38.4. The molecule has 0 bridgehead atoms. The maximum absolute atomic E-state index is 14.9. The van der Waals surface area contributed by atoms with Crippen LogP contribution in [0.25, 0.3) is 10.8 Å². The smallest absolute Gasteiger partial charge is 0.303 e. The Morgan fingerprint density at radius 2 is 1.30 bits per heavy atom. The number of aromatic hydroxyl groups is 2. The summed E-state index contributed by atoms with van der Waals surface area (Å²) < 4.78 is 65.7. The van der Waals surface area contributed by atoms with Crippen LogP contribution in [-0.4, -0.2) is 195 Å². The van der Waals surface area contributed by atoms with Crippen molar-refractivity contribution in [2.45, 2.75) is 203 Å². The van der Waals surface area contributed by atoms with E-state index in [4.69, 9.17) is 52.1 Å². The Bertz CT molecular complexity index is 2160.